The molecule has 1 aliphatic carbocycles. The van der Waals surface area contributed by atoms with Gasteiger partial charge in [0.15, 0.2) is 0 Å². The number of alkyl halides is 2. The second-order valence-electron chi connectivity index (χ2n) is 3.01. The molecule has 1 fully saturated rings. The number of hydrogen-bond acceptors (Lipinski definition) is 1. The zero-order chi connectivity index (χ0) is 7.61. The van der Waals surface area contributed by atoms with Crippen molar-refractivity contribution in [1.29, 1.82) is 0 Å². The van der Waals surface area contributed by atoms with Crippen LogP contribution in [0.15, 0.2) is 0 Å². The molecule has 0 spiro atoms. The average Bonchev–Trinajstić information content (AvgIpc) is 1.88. The summed E-state index contributed by atoms with van der Waals surface area (Å²) >= 11 is 0. The normalized spacial score (nSPS) is 23.1. The molecule has 0 radical (unpaired) electrons. The van der Waals surface area contributed by atoms with Gasteiger partial charge < -0.3 is 0 Å². The maximum Gasteiger partial charge on any atom is 0.302 e. The molecule has 10 heavy (non-hydrogen) atoms. The van der Waals surface area contributed by atoms with Crippen molar-refractivity contribution >= 4 is 0 Å². The molecule has 0 atom stereocenters. The third kappa shape index (κ3) is 1.90. The Bertz CT molecular complexity index is 103. The third-order valence-corrected chi connectivity index (χ3v) is 2.15. The van der Waals surface area contributed by atoms with Gasteiger partial charge in [0.25, 0.3) is 0 Å². The van der Waals surface area contributed by atoms with Crippen molar-refractivity contribution in [2.45, 2.75) is 38.2 Å². The Balaban J connectivity index is 2.39. The summed E-state index contributed by atoms with van der Waals surface area (Å²) in [4.78, 5) is 0. The first-order valence-corrected chi connectivity index (χ1v) is 3.77. The summed E-state index contributed by atoms with van der Waals surface area (Å²) in [6.07, 6.45) is 4.12. The first-order chi connectivity index (χ1) is 4.61. The highest BCUT2D eigenvalue weighted by atomic mass is 19.3. The van der Waals surface area contributed by atoms with Crippen LogP contribution in [-0.4, -0.2) is 6.05 Å². The van der Waals surface area contributed by atoms with Crippen LogP contribution in [0.2, 0.25) is 0 Å². The maximum atomic E-state index is 12.4. The second-order valence-corrected chi connectivity index (χ2v) is 3.01. The van der Waals surface area contributed by atoms with E-state index in [9.17, 15) is 8.78 Å². The van der Waals surface area contributed by atoms with Crippen molar-refractivity contribution < 1.29 is 8.78 Å². The summed E-state index contributed by atoms with van der Waals surface area (Å²) in [5.74, 6) is -0.554. The van der Waals surface area contributed by atoms with Gasteiger partial charge in [-0.05, 0) is 12.8 Å². The van der Waals surface area contributed by atoms with Gasteiger partial charge in [0.2, 0.25) is 0 Å². The smallest absolute Gasteiger partial charge is 0.272 e. The fourth-order valence-corrected chi connectivity index (χ4v) is 1.49. The first-order valence-electron chi connectivity index (χ1n) is 3.77. The number of nitrogens with two attached hydrogens (primary N) is 1. The maximum absolute atomic E-state index is 12.4. The van der Waals surface area contributed by atoms with Crippen LogP contribution < -0.4 is 5.73 Å². The van der Waals surface area contributed by atoms with Gasteiger partial charge in [-0.15, -0.1) is 0 Å². The Kier molecular flexibility index (Phi) is 2.24. The highest BCUT2D eigenvalue weighted by molar-refractivity contribution is 4.74. The van der Waals surface area contributed by atoms with Gasteiger partial charge in [0.1, 0.15) is 0 Å². The average molecular weight is 149 g/mol. The monoisotopic (exact) mass is 149 g/mol. The SMILES string of the molecule is NC(F)(F)C1CCCCC1. The molecular weight excluding hydrogens is 136 g/mol. The summed E-state index contributed by atoms with van der Waals surface area (Å²) in [6.45, 7) is 0. The lowest BCUT2D eigenvalue weighted by Crippen LogP contribution is -2.38. The largest absolute Gasteiger partial charge is 0.302 e. The van der Waals surface area contributed by atoms with E-state index in [1.807, 2.05) is 0 Å². The fourth-order valence-electron chi connectivity index (χ4n) is 1.49. The predicted molar refractivity (Wildman–Crippen MR) is 35.7 cm³/mol. The minimum absolute atomic E-state index is 0.554. The van der Waals surface area contributed by atoms with Gasteiger partial charge in [0, 0.05) is 5.92 Å². The van der Waals surface area contributed by atoms with Crippen LogP contribution in [0, 0.1) is 5.92 Å². The zero-order valence-corrected chi connectivity index (χ0v) is 5.95. The number of hydrogen-bond donors (Lipinski definition) is 1. The van der Waals surface area contributed by atoms with Crippen molar-refractivity contribution in [3.05, 3.63) is 0 Å². The molecule has 1 rings (SSSR count). The lowest BCUT2D eigenvalue weighted by atomic mass is 9.88. The van der Waals surface area contributed by atoms with Gasteiger partial charge in [-0.1, -0.05) is 19.3 Å². The highest BCUT2D eigenvalue weighted by Crippen LogP contribution is 2.32. The molecule has 0 aromatic carbocycles. The van der Waals surface area contributed by atoms with Crippen LogP contribution in [0.25, 0.3) is 0 Å². The van der Waals surface area contributed by atoms with E-state index in [-0.39, 0.29) is 0 Å². The lowest BCUT2D eigenvalue weighted by molar-refractivity contribution is -0.0647. The van der Waals surface area contributed by atoms with Crippen LogP contribution in [0.5, 0.6) is 0 Å². The first kappa shape index (κ1) is 7.92. The summed E-state index contributed by atoms with van der Waals surface area (Å²) in [5.41, 5.74) is 4.68. The molecule has 1 saturated carbocycles. The Morgan fingerprint density at radius 1 is 1.10 bits per heavy atom. The third-order valence-electron chi connectivity index (χ3n) is 2.15. The van der Waals surface area contributed by atoms with Crippen LogP contribution >= 0.6 is 0 Å². The Morgan fingerprint density at radius 2 is 1.60 bits per heavy atom. The van der Waals surface area contributed by atoms with Crippen molar-refractivity contribution in [3.63, 3.8) is 0 Å². The molecule has 1 nitrogen and oxygen atoms in total. The molecule has 1 aliphatic rings. The van der Waals surface area contributed by atoms with E-state index in [0.717, 1.165) is 19.3 Å². The fraction of sp³-hybridized carbons (Fsp3) is 1.00. The Morgan fingerprint density at radius 3 is 1.90 bits per heavy atom. The van der Waals surface area contributed by atoms with Gasteiger partial charge >= 0.3 is 6.05 Å². The molecule has 2 N–H and O–H groups in total. The summed E-state index contributed by atoms with van der Waals surface area (Å²) in [7, 11) is 0. The van der Waals surface area contributed by atoms with Crippen molar-refractivity contribution in [2.75, 3.05) is 0 Å². The minimum Gasteiger partial charge on any atom is -0.272 e. The summed E-state index contributed by atoms with van der Waals surface area (Å²) in [5, 5.41) is 0. The second kappa shape index (κ2) is 2.82. The van der Waals surface area contributed by atoms with E-state index >= 15 is 0 Å². The number of rotatable bonds is 1. The van der Waals surface area contributed by atoms with E-state index in [2.05, 4.69) is 5.73 Å². The summed E-state index contributed by atoms with van der Waals surface area (Å²) < 4.78 is 24.8. The van der Waals surface area contributed by atoms with Gasteiger partial charge in [-0.2, -0.15) is 8.78 Å². The van der Waals surface area contributed by atoms with E-state index in [1.165, 1.54) is 0 Å². The molecule has 0 bridgehead atoms. The van der Waals surface area contributed by atoms with Gasteiger partial charge in [0.05, 0.1) is 0 Å². The van der Waals surface area contributed by atoms with E-state index in [0.29, 0.717) is 12.8 Å². The minimum atomic E-state index is -2.93. The van der Waals surface area contributed by atoms with Crippen LogP contribution in [0.1, 0.15) is 32.1 Å². The van der Waals surface area contributed by atoms with Gasteiger partial charge in [-0.25, -0.2) is 0 Å². The highest BCUT2D eigenvalue weighted by Gasteiger charge is 2.35. The molecular formula is C7H13F2N. The molecule has 0 aromatic heterocycles. The molecule has 0 unspecified atom stereocenters. The van der Waals surface area contributed by atoms with Crippen LogP contribution in [-0.2, 0) is 0 Å². The van der Waals surface area contributed by atoms with Crippen LogP contribution in [0.3, 0.4) is 0 Å². The predicted octanol–water partition coefficient (Wildman–Crippen LogP) is 2.12. The van der Waals surface area contributed by atoms with Crippen molar-refractivity contribution in [3.8, 4) is 0 Å². The number of halogens is 2. The lowest BCUT2D eigenvalue weighted by Gasteiger charge is -2.26. The molecule has 0 amide bonds. The molecule has 0 saturated heterocycles. The quantitative estimate of drug-likeness (QED) is 0.568. The van der Waals surface area contributed by atoms with Crippen LogP contribution in [0.4, 0.5) is 8.78 Å². The van der Waals surface area contributed by atoms with E-state index < -0.39 is 12.0 Å². The van der Waals surface area contributed by atoms with E-state index in [4.69, 9.17) is 0 Å². The molecule has 3 heteroatoms. The van der Waals surface area contributed by atoms with Crippen molar-refractivity contribution in [2.24, 2.45) is 11.7 Å². The topological polar surface area (TPSA) is 26.0 Å². The Hall–Kier alpha value is -0.180. The Labute approximate surface area is 59.6 Å². The molecule has 0 heterocycles. The summed E-state index contributed by atoms with van der Waals surface area (Å²) in [6, 6.07) is -2.93. The van der Waals surface area contributed by atoms with Gasteiger partial charge in [-0.3, -0.25) is 5.73 Å². The van der Waals surface area contributed by atoms with E-state index in [1.54, 1.807) is 0 Å². The standard InChI is InChI=1S/C7H13F2N/c8-7(9,10)6-4-2-1-3-5-6/h6H,1-5,10H2. The molecule has 0 aromatic rings. The zero-order valence-electron chi connectivity index (χ0n) is 5.95. The van der Waals surface area contributed by atoms with Crippen molar-refractivity contribution in [1.82, 2.24) is 0 Å². The molecule has 60 valence electrons. The molecule has 0 aliphatic heterocycles.